The second kappa shape index (κ2) is 7.12. The van der Waals surface area contributed by atoms with E-state index >= 15 is 0 Å². The first-order chi connectivity index (χ1) is 16.2. The molecule has 1 amide bonds. The number of pyridine rings is 1. The maximum atomic E-state index is 14.8. The van der Waals surface area contributed by atoms with Crippen LogP contribution in [0.1, 0.15) is 31.0 Å². The molecule has 2 atom stereocenters. The molecular formula is C22H24F2N8O2. The molecule has 12 heteroatoms. The molecule has 0 saturated carbocycles. The average Bonchev–Trinajstić information content (AvgIpc) is 3.46. The number of rotatable bonds is 2. The maximum absolute atomic E-state index is 14.8. The molecular weight excluding hydrogens is 446 g/mol. The highest BCUT2D eigenvalue weighted by Gasteiger charge is 2.51. The van der Waals surface area contributed by atoms with Crippen molar-refractivity contribution in [2.75, 3.05) is 29.9 Å². The van der Waals surface area contributed by atoms with Crippen molar-refractivity contribution in [2.45, 2.75) is 44.8 Å². The number of carbonyl (C=O) groups is 1. The maximum Gasteiger partial charge on any atom is 0.354 e. The van der Waals surface area contributed by atoms with E-state index in [1.807, 2.05) is 6.92 Å². The Kier molecular flexibility index (Phi) is 4.46. The number of nitrogens with two attached hydrogens (primary N) is 1. The predicted molar refractivity (Wildman–Crippen MR) is 119 cm³/mol. The van der Waals surface area contributed by atoms with Crippen LogP contribution in [0.25, 0.3) is 16.8 Å². The number of fused-ring (bicyclic) bond motifs is 2. The van der Waals surface area contributed by atoms with Gasteiger partial charge in [-0.15, -0.1) is 0 Å². The summed E-state index contributed by atoms with van der Waals surface area (Å²) < 4.78 is 36.9. The van der Waals surface area contributed by atoms with Crippen LogP contribution in [0.2, 0.25) is 0 Å². The molecule has 34 heavy (non-hydrogen) atoms. The molecule has 0 bridgehead atoms. The van der Waals surface area contributed by atoms with Gasteiger partial charge in [-0.25, -0.2) is 15.0 Å². The van der Waals surface area contributed by atoms with Crippen molar-refractivity contribution in [1.29, 1.82) is 0 Å². The van der Waals surface area contributed by atoms with Crippen molar-refractivity contribution in [3.63, 3.8) is 0 Å². The fraction of sp³-hybridized carbons (Fsp3) is 0.500. The minimum Gasteiger partial charge on any atom is -0.376 e. The van der Waals surface area contributed by atoms with E-state index in [2.05, 4.69) is 25.3 Å². The number of alkyl halides is 2. The van der Waals surface area contributed by atoms with Crippen LogP contribution in [0.4, 0.5) is 20.5 Å². The van der Waals surface area contributed by atoms with Crippen molar-refractivity contribution in [3.8, 4) is 11.1 Å². The molecule has 0 radical (unpaired) electrons. The largest absolute Gasteiger partial charge is 0.376 e. The number of amides is 1. The number of aryl methyl sites for hydroxylation is 1. The van der Waals surface area contributed by atoms with Crippen molar-refractivity contribution in [3.05, 3.63) is 29.8 Å². The van der Waals surface area contributed by atoms with Crippen LogP contribution in [-0.4, -0.2) is 62.3 Å². The van der Waals surface area contributed by atoms with Crippen LogP contribution in [-0.2, 0) is 15.5 Å². The van der Waals surface area contributed by atoms with Crippen molar-refractivity contribution >= 4 is 23.3 Å². The molecule has 10 nitrogen and oxygen atoms in total. The van der Waals surface area contributed by atoms with E-state index in [-0.39, 0.29) is 28.9 Å². The van der Waals surface area contributed by atoms with Gasteiger partial charge in [0.15, 0.2) is 5.65 Å². The van der Waals surface area contributed by atoms with Gasteiger partial charge < -0.3 is 20.7 Å². The summed E-state index contributed by atoms with van der Waals surface area (Å²) in [5.41, 5.74) is 7.38. The molecule has 3 aromatic heterocycles. The number of nitrogens with one attached hydrogen (secondary N) is 1. The highest BCUT2D eigenvalue weighted by Crippen LogP contribution is 2.46. The van der Waals surface area contributed by atoms with Crippen LogP contribution in [0, 0.1) is 12.3 Å². The standard InChI is InChI=1S/C22H24F2N8O2/c1-11-14(13-3-6-26-17-15(13)22(23,24)19(33)30-17)18-27-10-28-32(18)20(29-11)31-7-4-21(5-8-31)9-34-12(2)16(21)25/h3,6,10,12,16H,4-5,7-9,25H2,1-2H3,(H,26,30,33). The zero-order chi connectivity index (χ0) is 23.8. The number of hydrogen-bond donors (Lipinski definition) is 2. The summed E-state index contributed by atoms with van der Waals surface area (Å²) >= 11 is 0. The number of ether oxygens (including phenoxy) is 1. The second-order valence-electron chi connectivity index (χ2n) is 9.37. The van der Waals surface area contributed by atoms with E-state index in [1.54, 1.807) is 11.4 Å². The first-order valence-electron chi connectivity index (χ1n) is 11.2. The van der Waals surface area contributed by atoms with Gasteiger partial charge in [0.25, 0.3) is 0 Å². The Morgan fingerprint density at radius 3 is 2.74 bits per heavy atom. The molecule has 2 fully saturated rings. The van der Waals surface area contributed by atoms with E-state index in [1.165, 1.54) is 18.6 Å². The Balaban J connectivity index is 1.41. The number of anilines is 2. The highest BCUT2D eigenvalue weighted by atomic mass is 19.3. The number of carbonyl (C=O) groups excluding carboxylic acids is 1. The fourth-order valence-corrected chi connectivity index (χ4v) is 5.50. The summed E-state index contributed by atoms with van der Waals surface area (Å²) in [6.07, 6.45) is 4.51. The van der Waals surface area contributed by atoms with Gasteiger partial charge in [0.1, 0.15) is 12.1 Å². The van der Waals surface area contributed by atoms with E-state index in [0.29, 0.717) is 42.5 Å². The number of aromatic nitrogens is 5. The lowest BCUT2D eigenvalue weighted by Gasteiger charge is -2.41. The molecule has 3 aromatic rings. The summed E-state index contributed by atoms with van der Waals surface area (Å²) in [6.45, 7) is 5.84. The molecule has 2 unspecified atom stereocenters. The molecule has 1 spiro atoms. The van der Waals surface area contributed by atoms with Gasteiger partial charge in [-0.3, -0.25) is 4.79 Å². The van der Waals surface area contributed by atoms with Crippen LogP contribution in [0.3, 0.4) is 0 Å². The van der Waals surface area contributed by atoms with E-state index in [9.17, 15) is 13.6 Å². The molecule has 2 saturated heterocycles. The predicted octanol–water partition coefficient (Wildman–Crippen LogP) is 1.87. The van der Waals surface area contributed by atoms with Crippen molar-refractivity contribution in [2.24, 2.45) is 11.1 Å². The Hall–Kier alpha value is -3.25. The smallest absolute Gasteiger partial charge is 0.354 e. The lowest BCUT2D eigenvalue weighted by Crippen LogP contribution is -2.51. The van der Waals surface area contributed by atoms with Crippen molar-refractivity contribution < 1.29 is 18.3 Å². The first kappa shape index (κ1) is 21.3. The Morgan fingerprint density at radius 2 is 2.03 bits per heavy atom. The van der Waals surface area contributed by atoms with E-state index in [4.69, 9.17) is 15.5 Å². The third-order valence-electron chi connectivity index (χ3n) is 7.53. The highest BCUT2D eigenvalue weighted by molar-refractivity contribution is 6.06. The molecule has 3 aliphatic heterocycles. The third kappa shape index (κ3) is 2.81. The molecule has 6 heterocycles. The number of halogens is 2. The topological polar surface area (TPSA) is 124 Å². The first-order valence-corrected chi connectivity index (χ1v) is 11.2. The van der Waals surface area contributed by atoms with Crippen LogP contribution >= 0.6 is 0 Å². The zero-order valence-electron chi connectivity index (χ0n) is 18.8. The zero-order valence-corrected chi connectivity index (χ0v) is 18.8. The summed E-state index contributed by atoms with van der Waals surface area (Å²) in [5.74, 6) is -4.66. The van der Waals surface area contributed by atoms with Crippen LogP contribution in [0.5, 0.6) is 0 Å². The monoisotopic (exact) mass is 470 g/mol. The van der Waals surface area contributed by atoms with Crippen LogP contribution < -0.4 is 16.0 Å². The summed E-state index contributed by atoms with van der Waals surface area (Å²) in [7, 11) is 0. The average molecular weight is 470 g/mol. The normalized spacial score (nSPS) is 25.2. The molecule has 3 N–H and O–H groups in total. The Labute approximate surface area is 193 Å². The summed E-state index contributed by atoms with van der Waals surface area (Å²) in [5, 5.41) is 6.51. The van der Waals surface area contributed by atoms with Gasteiger partial charge in [-0.1, -0.05) is 0 Å². The van der Waals surface area contributed by atoms with Gasteiger partial charge in [0.2, 0.25) is 5.95 Å². The minimum atomic E-state index is -3.71. The quantitative estimate of drug-likeness (QED) is 0.582. The molecule has 6 rings (SSSR count). The van der Waals surface area contributed by atoms with Gasteiger partial charge in [-0.05, 0) is 32.8 Å². The second-order valence-corrected chi connectivity index (χ2v) is 9.37. The molecule has 3 aliphatic rings. The van der Waals surface area contributed by atoms with Gasteiger partial charge in [0.05, 0.1) is 24.0 Å². The number of nitrogens with zero attached hydrogens (tertiary/aromatic N) is 6. The number of piperidine rings is 1. The van der Waals surface area contributed by atoms with Gasteiger partial charge in [0, 0.05) is 41.9 Å². The molecule has 178 valence electrons. The van der Waals surface area contributed by atoms with Crippen LogP contribution in [0.15, 0.2) is 18.6 Å². The SMILES string of the molecule is Cc1nc(N2CCC3(CC2)COC(C)C3N)n2ncnc2c1-c1ccnc2c1C(F)(F)C(=O)N2. The van der Waals surface area contributed by atoms with Gasteiger partial charge in [-0.2, -0.15) is 18.4 Å². The molecule has 0 aliphatic carbocycles. The Bertz CT molecular complexity index is 1320. The fourth-order valence-electron chi connectivity index (χ4n) is 5.50. The van der Waals surface area contributed by atoms with Gasteiger partial charge >= 0.3 is 11.8 Å². The van der Waals surface area contributed by atoms with Crippen molar-refractivity contribution in [1.82, 2.24) is 24.6 Å². The summed E-state index contributed by atoms with van der Waals surface area (Å²) in [6, 6.07) is 1.45. The minimum absolute atomic E-state index is 0.00937. The third-order valence-corrected chi connectivity index (χ3v) is 7.53. The van der Waals surface area contributed by atoms with E-state index < -0.39 is 17.4 Å². The van der Waals surface area contributed by atoms with E-state index in [0.717, 1.165) is 12.8 Å². The molecule has 0 aromatic carbocycles. The Morgan fingerprint density at radius 1 is 1.26 bits per heavy atom. The number of hydrogen-bond acceptors (Lipinski definition) is 8. The lowest BCUT2D eigenvalue weighted by molar-refractivity contribution is -0.139. The lowest BCUT2D eigenvalue weighted by atomic mass is 9.73. The summed E-state index contributed by atoms with van der Waals surface area (Å²) in [4.78, 5) is 27.1.